The summed E-state index contributed by atoms with van der Waals surface area (Å²) in [6.45, 7) is 2.37. The highest BCUT2D eigenvalue weighted by Crippen LogP contribution is 2.34. The molecule has 1 aliphatic rings. The van der Waals surface area contributed by atoms with E-state index in [1.54, 1.807) is 22.5 Å². The maximum absolute atomic E-state index is 12.4. The Bertz CT molecular complexity index is 526. The Balaban J connectivity index is 2.43. The molecule has 0 atom stereocenters. The van der Waals surface area contributed by atoms with E-state index >= 15 is 0 Å². The van der Waals surface area contributed by atoms with Crippen LogP contribution in [0.5, 0.6) is 0 Å². The minimum atomic E-state index is -3.40. The van der Waals surface area contributed by atoms with Crippen molar-refractivity contribution >= 4 is 31.6 Å². The zero-order valence-electron chi connectivity index (χ0n) is 9.56. The topological polar surface area (TPSA) is 63.4 Å². The first kappa shape index (κ1) is 12.9. The Morgan fingerprint density at radius 1 is 1.47 bits per heavy atom. The third-order valence-electron chi connectivity index (χ3n) is 2.81. The Labute approximate surface area is 110 Å². The summed E-state index contributed by atoms with van der Waals surface area (Å²) in [6, 6.07) is 4.96. The lowest BCUT2D eigenvalue weighted by atomic mass is 10.3. The summed E-state index contributed by atoms with van der Waals surface area (Å²) in [5, 5.41) is 0. The summed E-state index contributed by atoms with van der Waals surface area (Å²) in [7, 11) is -3.40. The molecule has 0 aromatic heterocycles. The molecule has 2 N–H and O–H groups in total. The Morgan fingerprint density at radius 2 is 2.12 bits per heavy atom. The highest BCUT2D eigenvalue weighted by molar-refractivity contribution is 9.10. The van der Waals surface area contributed by atoms with E-state index in [4.69, 9.17) is 5.73 Å². The quantitative estimate of drug-likeness (QED) is 0.866. The van der Waals surface area contributed by atoms with E-state index in [2.05, 4.69) is 15.9 Å². The number of sulfonamides is 1. The van der Waals surface area contributed by atoms with E-state index < -0.39 is 10.0 Å². The van der Waals surface area contributed by atoms with Gasteiger partial charge in [-0.15, -0.1) is 0 Å². The van der Waals surface area contributed by atoms with Crippen molar-refractivity contribution in [1.82, 2.24) is 4.31 Å². The summed E-state index contributed by atoms with van der Waals surface area (Å²) in [4.78, 5) is 0.292. The molecule has 1 fully saturated rings. The van der Waals surface area contributed by atoms with Crippen LogP contribution in [0.3, 0.4) is 0 Å². The van der Waals surface area contributed by atoms with Gasteiger partial charge in [0.25, 0.3) is 0 Å². The number of hydrogen-bond acceptors (Lipinski definition) is 3. The zero-order chi connectivity index (χ0) is 12.6. The summed E-state index contributed by atoms with van der Waals surface area (Å²) in [6.07, 6.45) is 1.92. The van der Waals surface area contributed by atoms with E-state index in [0.717, 1.165) is 12.8 Å². The van der Waals surface area contributed by atoms with Crippen LogP contribution in [-0.2, 0) is 10.0 Å². The molecule has 6 heteroatoms. The zero-order valence-corrected chi connectivity index (χ0v) is 12.0. The normalized spacial score (nSPS) is 16.4. The number of benzene rings is 1. The van der Waals surface area contributed by atoms with E-state index in [1.807, 2.05) is 6.92 Å². The van der Waals surface area contributed by atoms with Crippen LogP contribution in [0.4, 0.5) is 5.69 Å². The van der Waals surface area contributed by atoms with Gasteiger partial charge in [0.1, 0.15) is 0 Å². The Hall–Kier alpha value is -0.590. The fraction of sp³-hybridized carbons (Fsp3) is 0.455. The van der Waals surface area contributed by atoms with Gasteiger partial charge in [0.2, 0.25) is 10.0 Å². The monoisotopic (exact) mass is 318 g/mol. The molecule has 1 saturated carbocycles. The minimum absolute atomic E-state index is 0.175. The number of nitrogens with two attached hydrogens (primary N) is 1. The van der Waals surface area contributed by atoms with Gasteiger partial charge in [0.15, 0.2) is 0 Å². The average molecular weight is 319 g/mol. The highest BCUT2D eigenvalue weighted by atomic mass is 79.9. The van der Waals surface area contributed by atoms with Crippen molar-refractivity contribution in [3.63, 3.8) is 0 Å². The van der Waals surface area contributed by atoms with Gasteiger partial charge in [-0.3, -0.25) is 0 Å². The van der Waals surface area contributed by atoms with Crippen molar-refractivity contribution < 1.29 is 8.42 Å². The molecular formula is C11H15BrN2O2S. The molecule has 1 aromatic carbocycles. The molecule has 17 heavy (non-hydrogen) atoms. The van der Waals surface area contributed by atoms with Gasteiger partial charge >= 0.3 is 0 Å². The maximum Gasteiger partial charge on any atom is 0.244 e. The number of anilines is 1. The van der Waals surface area contributed by atoms with Crippen LogP contribution in [0.1, 0.15) is 19.8 Å². The van der Waals surface area contributed by atoms with E-state index in [-0.39, 0.29) is 6.04 Å². The molecule has 4 nitrogen and oxygen atoms in total. The van der Waals surface area contributed by atoms with Crippen LogP contribution >= 0.6 is 15.9 Å². The highest BCUT2D eigenvalue weighted by Gasteiger charge is 2.37. The van der Waals surface area contributed by atoms with Crippen LogP contribution in [0.25, 0.3) is 0 Å². The summed E-state index contributed by atoms with van der Waals surface area (Å²) in [5.41, 5.74) is 6.16. The lowest BCUT2D eigenvalue weighted by Gasteiger charge is -2.20. The average Bonchev–Trinajstić information content (AvgIpc) is 3.01. The van der Waals surface area contributed by atoms with Gasteiger partial charge in [0.05, 0.1) is 4.90 Å². The number of nitrogen functional groups attached to an aromatic ring is 1. The summed E-state index contributed by atoms with van der Waals surface area (Å²) >= 11 is 3.26. The Morgan fingerprint density at radius 3 is 2.59 bits per heavy atom. The molecule has 0 amide bonds. The number of nitrogens with zero attached hydrogens (tertiary/aromatic N) is 1. The first-order valence-corrected chi connectivity index (χ1v) is 7.77. The van der Waals surface area contributed by atoms with Crippen molar-refractivity contribution in [1.29, 1.82) is 0 Å². The van der Waals surface area contributed by atoms with Crippen molar-refractivity contribution in [2.45, 2.75) is 30.7 Å². The molecule has 2 rings (SSSR count). The van der Waals surface area contributed by atoms with E-state index in [9.17, 15) is 8.42 Å². The van der Waals surface area contributed by atoms with Crippen molar-refractivity contribution in [3.05, 3.63) is 22.7 Å². The third kappa shape index (κ3) is 2.48. The van der Waals surface area contributed by atoms with Gasteiger partial charge in [0, 0.05) is 22.7 Å². The molecular weight excluding hydrogens is 304 g/mol. The molecule has 0 spiro atoms. The van der Waals surface area contributed by atoms with E-state index in [1.165, 1.54) is 0 Å². The maximum atomic E-state index is 12.4. The summed E-state index contributed by atoms with van der Waals surface area (Å²) in [5.74, 6) is 0. The molecule has 0 radical (unpaired) electrons. The predicted octanol–water partition coefficient (Wildman–Crippen LogP) is 2.20. The minimum Gasteiger partial charge on any atom is -0.399 e. The lowest BCUT2D eigenvalue weighted by molar-refractivity contribution is 0.420. The van der Waals surface area contributed by atoms with Crippen LogP contribution in [0, 0.1) is 0 Å². The molecule has 94 valence electrons. The SMILES string of the molecule is CCN(C1CC1)S(=O)(=O)c1ccc(N)cc1Br. The first-order valence-electron chi connectivity index (χ1n) is 5.53. The standard InChI is InChI=1S/C11H15BrN2O2S/c1-2-14(9-4-5-9)17(15,16)11-6-3-8(13)7-10(11)12/h3,6-7,9H,2,4-5,13H2,1H3. The molecule has 0 aliphatic heterocycles. The van der Waals surface area contributed by atoms with Gasteiger partial charge in [-0.05, 0) is 47.0 Å². The molecule has 0 unspecified atom stereocenters. The largest absolute Gasteiger partial charge is 0.399 e. The molecule has 0 saturated heterocycles. The lowest BCUT2D eigenvalue weighted by Crippen LogP contribution is -2.33. The van der Waals surface area contributed by atoms with Gasteiger partial charge in [-0.1, -0.05) is 6.92 Å². The van der Waals surface area contributed by atoms with Crippen molar-refractivity contribution in [2.24, 2.45) is 0 Å². The van der Waals surface area contributed by atoms with Crippen LogP contribution in [-0.4, -0.2) is 25.3 Å². The predicted molar refractivity (Wildman–Crippen MR) is 71.1 cm³/mol. The molecule has 1 aromatic rings. The molecule has 1 aliphatic carbocycles. The van der Waals surface area contributed by atoms with Gasteiger partial charge < -0.3 is 5.73 Å². The van der Waals surface area contributed by atoms with E-state index in [0.29, 0.717) is 21.6 Å². The third-order valence-corrected chi connectivity index (χ3v) is 5.81. The second-order valence-corrected chi connectivity index (χ2v) is 6.84. The second-order valence-electron chi connectivity index (χ2n) is 4.13. The van der Waals surface area contributed by atoms with Crippen LogP contribution in [0.15, 0.2) is 27.6 Å². The number of rotatable bonds is 4. The van der Waals surface area contributed by atoms with Gasteiger partial charge in [-0.2, -0.15) is 4.31 Å². The summed E-state index contributed by atoms with van der Waals surface area (Å²) < 4.78 is 26.9. The van der Waals surface area contributed by atoms with Crippen LogP contribution < -0.4 is 5.73 Å². The molecule has 0 heterocycles. The fourth-order valence-electron chi connectivity index (χ4n) is 1.84. The number of hydrogen-bond donors (Lipinski definition) is 1. The van der Waals surface area contributed by atoms with Crippen LogP contribution in [0.2, 0.25) is 0 Å². The first-order chi connectivity index (χ1) is 7.96. The molecule has 0 bridgehead atoms. The second kappa shape index (κ2) is 4.59. The van der Waals surface area contributed by atoms with Crippen molar-refractivity contribution in [3.8, 4) is 0 Å². The fourth-order valence-corrected chi connectivity index (χ4v) is 4.59. The van der Waals surface area contributed by atoms with Gasteiger partial charge in [-0.25, -0.2) is 8.42 Å². The smallest absolute Gasteiger partial charge is 0.244 e. The number of halogens is 1. The van der Waals surface area contributed by atoms with Crippen molar-refractivity contribution in [2.75, 3.05) is 12.3 Å². The Kier molecular flexibility index (Phi) is 3.47.